The van der Waals surface area contributed by atoms with Crippen LogP contribution in [-0.4, -0.2) is 11.6 Å². The minimum Gasteiger partial charge on any atom is -0.292 e. The molecule has 0 radical (unpaired) electrons. The maximum Gasteiger partial charge on any atom is 0.204 e. The van der Waals surface area contributed by atoms with Crippen LogP contribution in [0.5, 0.6) is 0 Å². The molecule has 0 bridgehead atoms. The Morgan fingerprint density at radius 3 is 1.88 bits per heavy atom. The summed E-state index contributed by atoms with van der Waals surface area (Å²) in [5, 5.41) is 11.0. The lowest BCUT2D eigenvalue weighted by Gasteiger charge is -2.29. The van der Waals surface area contributed by atoms with Crippen molar-refractivity contribution in [3.8, 4) is 0 Å². The zero-order chi connectivity index (χ0) is 17.9. The van der Waals surface area contributed by atoms with Crippen LogP contribution in [0, 0.1) is 10.8 Å². The third-order valence-corrected chi connectivity index (χ3v) is 3.79. The number of ketones is 1. The standard InChI is InChI=1S/C18H19Cl2N3O/c1-18(2,3)16(24)17(21)23(15-10-6-13(20)7-11-15)22-14-8-4-12(19)5-9-14/h4-11,21-22H,1-3H3. The molecule has 0 atom stereocenters. The molecule has 0 fully saturated rings. The second-order valence-corrected chi connectivity index (χ2v) is 7.23. The van der Waals surface area contributed by atoms with Gasteiger partial charge in [-0.3, -0.25) is 15.6 Å². The maximum absolute atomic E-state index is 12.5. The summed E-state index contributed by atoms with van der Waals surface area (Å²) >= 11 is 11.8. The smallest absolute Gasteiger partial charge is 0.204 e. The largest absolute Gasteiger partial charge is 0.292 e. The van der Waals surface area contributed by atoms with Gasteiger partial charge in [-0.2, -0.15) is 0 Å². The third-order valence-electron chi connectivity index (χ3n) is 3.29. The van der Waals surface area contributed by atoms with Crippen LogP contribution in [0.25, 0.3) is 0 Å². The molecule has 0 aliphatic heterocycles. The molecule has 6 heteroatoms. The lowest BCUT2D eigenvalue weighted by atomic mass is 9.90. The Morgan fingerprint density at radius 1 is 0.958 bits per heavy atom. The van der Waals surface area contributed by atoms with Gasteiger partial charge in [-0.25, -0.2) is 5.01 Å². The molecule has 2 aromatic rings. The minimum absolute atomic E-state index is 0.153. The van der Waals surface area contributed by atoms with Crippen molar-refractivity contribution in [2.45, 2.75) is 20.8 Å². The molecule has 0 aromatic heterocycles. The number of hydrogen-bond acceptors (Lipinski definition) is 3. The Kier molecular flexibility index (Phi) is 5.52. The molecule has 0 saturated carbocycles. The number of rotatable bonds is 4. The second kappa shape index (κ2) is 7.24. The number of hydrogen-bond donors (Lipinski definition) is 2. The van der Waals surface area contributed by atoms with E-state index in [0.29, 0.717) is 21.4 Å². The SMILES string of the molecule is CC(C)(C)C(=O)C(=N)N(Nc1ccc(Cl)cc1)c1ccc(Cl)cc1. The van der Waals surface area contributed by atoms with Gasteiger partial charge >= 0.3 is 0 Å². The molecule has 0 aliphatic carbocycles. The van der Waals surface area contributed by atoms with Gasteiger partial charge in [0.25, 0.3) is 0 Å². The van der Waals surface area contributed by atoms with Crippen LogP contribution in [-0.2, 0) is 4.79 Å². The number of benzene rings is 2. The van der Waals surface area contributed by atoms with E-state index in [1.807, 2.05) is 0 Å². The van der Waals surface area contributed by atoms with E-state index in [2.05, 4.69) is 5.43 Å². The van der Waals surface area contributed by atoms with Crippen molar-refractivity contribution in [3.05, 3.63) is 58.6 Å². The van der Waals surface area contributed by atoms with E-state index in [0.717, 1.165) is 0 Å². The highest BCUT2D eigenvalue weighted by atomic mass is 35.5. The first-order valence-corrected chi connectivity index (χ1v) is 8.15. The highest BCUT2D eigenvalue weighted by molar-refractivity contribution is 6.44. The van der Waals surface area contributed by atoms with Gasteiger partial charge in [0.1, 0.15) is 0 Å². The monoisotopic (exact) mass is 363 g/mol. The van der Waals surface area contributed by atoms with Crippen LogP contribution in [0.3, 0.4) is 0 Å². The number of carbonyl (C=O) groups excluding carboxylic acids is 1. The van der Waals surface area contributed by atoms with Crippen LogP contribution in [0.4, 0.5) is 11.4 Å². The van der Waals surface area contributed by atoms with Gasteiger partial charge in [-0.1, -0.05) is 44.0 Å². The summed E-state index contributed by atoms with van der Waals surface area (Å²) in [6.07, 6.45) is 0. The van der Waals surface area contributed by atoms with E-state index < -0.39 is 5.41 Å². The number of nitrogens with one attached hydrogen (secondary N) is 2. The van der Waals surface area contributed by atoms with Crippen molar-refractivity contribution in [3.63, 3.8) is 0 Å². The van der Waals surface area contributed by atoms with Gasteiger partial charge in [0.05, 0.1) is 11.4 Å². The number of carbonyl (C=O) groups is 1. The molecule has 24 heavy (non-hydrogen) atoms. The predicted molar refractivity (Wildman–Crippen MR) is 101 cm³/mol. The number of Topliss-reactive ketones (excluding diaryl/α,β-unsaturated/α-hetero) is 1. The molecule has 0 spiro atoms. The molecule has 0 amide bonds. The quantitative estimate of drug-likeness (QED) is 0.433. The normalized spacial score (nSPS) is 11.0. The van der Waals surface area contributed by atoms with Gasteiger partial charge < -0.3 is 0 Å². The summed E-state index contributed by atoms with van der Waals surface area (Å²) < 4.78 is 0. The Bertz CT molecular complexity index is 734. The molecular formula is C18H19Cl2N3O. The fourth-order valence-corrected chi connectivity index (χ4v) is 2.20. The number of amidine groups is 1. The molecule has 0 unspecified atom stereocenters. The lowest BCUT2D eigenvalue weighted by Crippen LogP contribution is -2.44. The number of hydrazine groups is 1. The van der Waals surface area contributed by atoms with Gasteiger partial charge in [-0.05, 0) is 48.5 Å². The van der Waals surface area contributed by atoms with E-state index in [4.69, 9.17) is 28.6 Å². The summed E-state index contributed by atoms with van der Waals surface area (Å²) in [5.74, 6) is -0.432. The molecule has 126 valence electrons. The topological polar surface area (TPSA) is 56.2 Å². The summed E-state index contributed by atoms with van der Waals surface area (Å²) in [6.45, 7) is 5.35. The van der Waals surface area contributed by atoms with Gasteiger partial charge in [-0.15, -0.1) is 0 Å². The van der Waals surface area contributed by atoms with Crippen LogP contribution in [0.2, 0.25) is 10.0 Å². The van der Waals surface area contributed by atoms with E-state index in [1.54, 1.807) is 69.3 Å². The average Bonchev–Trinajstić information content (AvgIpc) is 2.53. The van der Waals surface area contributed by atoms with Crippen molar-refractivity contribution >= 4 is 46.2 Å². The van der Waals surface area contributed by atoms with Crippen LogP contribution < -0.4 is 10.4 Å². The Labute approximate surface area is 151 Å². The van der Waals surface area contributed by atoms with Crippen molar-refractivity contribution in [1.29, 1.82) is 5.41 Å². The number of halogens is 2. The zero-order valence-electron chi connectivity index (χ0n) is 13.7. The fraction of sp³-hybridized carbons (Fsp3) is 0.222. The molecule has 0 aliphatic rings. The van der Waals surface area contributed by atoms with Crippen LogP contribution in [0.15, 0.2) is 48.5 Å². The van der Waals surface area contributed by atoms with E-state index in [-0.39, 0.29) is 11.6 Å². The van der Waals surface area contributed by atoms with E-state index >= 15 is 0 Å². The zero-order valence-corrected chi connectivity index (χ0v) is 15.2. The molecule has 4 nitrogen and oxygen atoms in total. The van der Waals surface area contributed by atoms with Gasteiger partial charge in [0.15, 0.2) is 5.84 Å². The summed E-state index contributed by atoms with van der Waals surface area (Å²) in [5.41, 5.74) is 3.76. The molecule has 2 rings (SSSR count). The van der Waals surface area contributed by atoms with E-state index in [1.165, 1.54) is 5.01 Å². The summed E-state index contributed by atoms with van der Waals surface area (Å²) in [7, 11) is 0. The van der Waals surface area contributed by atoms with Crippen molar-refractivity contribution in [2.24, 2.45) is 5.41 Å². The molecule has 0 saturated heterocycles. The number of anilines is 2. The van der Waals surface area contributed by atoms with Crippen LogP contribution in [0.1, 0.15) is 20.8 Å². The Balaban J connectivity index is 2.37. The van der Waals surface area contributed by atoms with Crippen LogP contribution >= 0.6 is 23.2 Å². The fourth-order valence-electron chi connectivity index (χ4n) is 1.95. The lowest BCUT2D eigenvalue weighted by molar-refractivity contribution is -0.119. The second-order valence-electron chi connectivity index (χ2n) is 6.36. The third kappa shape index (κ3) is 4.49. The molecule has 0 heterocycles. The summed E-state index contributed by atoms with van der Waals surface area (Å²) in [6, 6.07) is 13.9. The first-order valence-electron chi connectivity index (χ1n) is 7.40. The number of nitrogens with zero attached hydrogens (tertiary/aromatic N) is 1. The Morgan fingerprint density at radius 2 is 1.42 bits per heavy atom. The average molecular weight is 364 g/mol. The first-order chi connectivity index (χ1) is 11.2. The highest BCUT2D eigenvalue weighted by Gasteiger charge is 2.30. The van der Waals surface area contributed by atoms with E-state index in [9.17, 15) is 4.79 Å². The summed E-state index contributed by atoms with van der Waals surface area (Å²) in [4.78, 5) is 12.5. The van der Waals surface area contributed by atoms with Crippen molar-refractivity contribution in [2.75, 3.05) is 10.4 Å². The molecule has 2 aromatic carbocycles. The first kappa shape index (κ1) is 18.3. The predicted octanol–water partition coefficient (Wildman–Crippen LogP) is 5.42. The maximum atomic E-state index is 12.5. The van der Waals surface area contributed by atoms with Gasteiger partial charge in [0.2, 0.25) is 5.78 Å². The molecular weight excluding hydrogens is 345 g/mol. The van der Waals surface area contributed by atoms with Crippen molar-refractivity contribution < 1.29 is 4.79 Å². The Hall–Kier alpha value is -2.04. The highest BCUT2D eigenvalue weighted by Crippen LogP contribution is 2.24. The van der Waals surface area contributed by atoms with Crippen molar-refractivity contribution in [1.82, 2.24) is 0 Å². The van der Waals surface area contributed by atoms with Gasteiger partial charge in [0, 0.05) is 15.5 Å². The minimum atomic E-state index is -0.663. The molecule has 2 N–H and O–H groups in total.